The van der Waals surface area contributed by atoms with Gasteiger partial charge < -0.3 is 0 Å². The molecule has 1 aromatic heterocycles. The van der Waals surface area contributed by atoms with Crippen molar-refractivity contribution >= 4 is 15.7 Å². The molecule has 7 nitrogen and oxygen atoms in total. The second-order valence-corrected chi connectivity index (χ2v) is 8.09. The highest BCUT2D eigenvalue weighted by molar-refractivity contribution is 7.93. The Morgan fingerprint density at radius 3 is 2.26 bits per heavy atom. The van der Waals surface area contributed by atoms with Gasteiger partial charge in [-0.15, -0.1) is 10.2 Å². The van der Waals surface area contributed by atoms with Gasteiger partial charge >= 0.3 is 0 Å². The maximum absolute atomic E-state index is 13.1. The lowest BCUT2D eigenvalue weighted by Crippen LogP contribution is -2.49. The van der Waals surface area contributed by atoms with E-state index in [2.05, 4.69) is 15.6 Å². The van der Waals surface area contributed by atoms with Crippen LogP contribution in [0.15, 0.2) is 41.8 Å². The van der Waals surface area contributed by atoms with Crippen LogP contribution < -0.4 is 5.43 Å². The second-order valence-electron chi connectivity index (χ2n) is 5.83. The summed E-state index contributed by atoms with van der Waals surface area (Å²) in [4.78, 5) is 12.9. The number of hydrogen-bond donors (Lipinski definition) is 1. The van der Waals surface area contributed by atoms with Crippen LogP contribution in [0.2, 0.25) is 0 Å². The highest BCUT2D eigenvalue weighted by Gasteiger charge is 2.53. The number of aryl methyl sites for hydroxylation is 1. The van der Waals surface area contributed by atoms with E-state index in [1.165, 1.54) is 17.3 Å². The van der Waals surface area contributed by atoms with E-state index in [1.807, 2.05) is 6.92 Å². The Kier molecular flexibility index (Phi) is 3.93. The van der Waals surface area contributed by atoms with Crippen molar-refractivity contribution in [1.29, 1.82) is 0 Å². The van der Waals surface area contributed by atoms with Gasteiger partial charge in [-0.25, -0.2) is 13.1 Å². The molecule has 0 atom stereocenters. The molecule has 1 aliphatic rings. The quantitative estimate of drug-likeness (QED) is 0.913. The Hall–Kier alpha value is -2.22. The van der Waals surface area contributed by atoms with Crippen LogP contribution in [-0.4, -0.2) is 33.9 Å². The van der Waals surface area contributed by atoms with Gasteiger partial charge in [-0.3, -0.25) is 10.2 Å². The summed E-state index contributed by atoms with van der Waals surface area (Å²) in [6.07, 6.45) is 4.69. The Bertz CT molecular complexity index is 792. The predicted octanol–water partition coefficient (Wildman–Crippen LogP) is 1.44. The summed E-state index contributed by atoms with van der Waals surface area (Å²) in [6, 6.07) is 6.62. The minimum atomic E-state index is -3.79. The first-order chi connectivity index (χ1) is 11.0. The van der Waals surface area contributed by atoms with Gasteiger partial charge in [0.15, 0.2) is 14.6 Å². The number of amides is 1. The monoisotopic (exact) mass is 334 g/mol. The Labute approximate surface area is 134 Å². The third kappa shape index (κ3) is 2.63. The van der Waals surface area contributed by atoms with Crippen molar-refractivity contribution in [3.8, 4) is 0 Å². The maximum Gasteiger partial charge on any atom is 0.260 e. The van der Waals surface area contributed by atoms with E-state index in [4.69, 9.17) is 0 Å². The molecule has 0 radical (unpaired) electrons. The average molecular weight is 334 g/mol. The summed E-state index contributed by atoms with van der Waals surface area (Å²) in [6.45, 7) is 1.89. The van der Waals surface area contributed by atoms with Crippen LogP contribution in [0.5, 0.6) is 0 Å². The molecule has 1 fully saturated rings. The molecule has 8 heteroatoms. The van der Waals surface area contributed by atoms with Crippen LogP contribution in [-0.2, 0) is 14.6 Å². The van der Waals surface area contributed by atoms with E-state index in [1.54, 1.807) is 24.3 Å². The zero-order valence-corrected chi connectivity index (χ0v) is 13.6. The molecular weight excluding hydrogens is 316 g/mol. The minimum Gasteiger partial charge on any atom is -0.271 e. The molecular formula is C15H18N4O3S. The van der Waals surface area contributed by atoms with Crippen LogP contribution >= 0.6 is 0 Å². The van der Waals surface area contributed by atoms with Crippen LogP contribution in [0.1, 0.15) is 31.2 Å². The van der Waals surface area contributed by atoms with Crippen LogP contribution in [0.3, 0.4) is 0 Å². The molecule has 1 aliphatic carbocycles. The fourth-order valence-electron chi connectivity index (χ4n) is 2.98. The van der Waals surface area contributed by atoms with Crippen molar-refractivity contribution in [1.82, 2.24) is 14.9 Å². The molecule has 122 valence electrons. The number of nitrogens with one attached hydrogen (secondary N) is 1. The third-order valence-corrected chi connectivity index (χ3v) is 6.84. The summed E-state index contributed by atoms with van der Waals surface area (Å²) in [5.41, 5.74) is 3.54. The van der Waals surface area contributed by atoms with Gasteiger partial charge in [0, 0.05) is 0 Å². The number of aromatic nitrogens is 3. The van der Waals surface area contributed by atoms with Gasteiger partial charge in [0.1, 0.15) is 12.7 Å². The molecule has 0 spiro atoms. The second kappa shape index (κ2) is 5.77. The van der Waals surface area contributed by atoms with Crippen molar-refractivity contribution in [2.24, 2.45) is 0 Å². The zero-order chi connectivity index (χ0) is 16.5. The Morgan fingerprint density at radius 2 is 1.70 bits per heavy atom. The molecule has 1 amide bonds. The number of nitrogens with zero attached hydrogens (tertiary/aromatic N) is 3. The van der Waals surface area contributed by atoms with Crippen molar-refractivity contribution in [2.75, 3.05) is 5.43 Å². The summed E-state index contributed by atoms with van der Waals surface area (Å²) in [5.74, 6) is -0.532. The van der Waals surface area contributed by atoms with E-state index in [-0.39, 0.29) is 4.90 Å². The van der Waals surface area contributed by atoms with E-state index < -0.39 is 20.5 Å². The summed E-state index contributed by atoms with van der Waals surface area (Å²) < 4.78 is 26.1. The summed E-state index contributed by atoms with van der Waals surface area (Å²) in [7, 11) is -3.79. The molecule has 0 unspecified atom stereocenters. The summed E-state index contributed by atoms with van der Waals surface area (Å²) >= 11 is 0. The van der Waals surface area contributed by atoms with Gasteiger partial charge in [0.25, 0.3) is 5.91 Å². The van der Waals surface area contributed by atoms with Crippen LogP contribution in [0.4, 0.5) is 0 Å². The van der Waals surface area contributed by atoms with Crippen molar-refractivity contribution in [2.45, 2.75) is 42.2 Å². The highest BCUT2D eigenvalue weighted by atomic mass is 32.2. The normalized spacial score (nSPS) is 17.1. The fraction of sp³-hybridized carbons (Fsp3) is 0.400. The molecule has 1 saturated carbocycles. The van der Waals surface area contributed by atoms with Gasteiger partial charge in [-0.1, -0.05) is 30.5 Å². The molecule has 1 aromatic carbocycles. The lowest BCUT2D eigenvalue weighted by molar-refractivity contribution is -0.119. The fourth-order valence-corrected chi connectivity index (χ4v) is 5.05. The molecule has 1 N–H and O–H groups in total. The largest absolute Gasteiger partial charge is 0.271 e. The number of rotatable bonds is 4. The number of carbonyl (C=O) groups excluding carboxylic acids is 1. The van der Waals surface area contributed by atoms with E-state index in [0.29, 0.717) is 25.7 Å². The molecule has 0 saturated heterocycles. The SMILES string of the molecule is Cc1ccc(S(=O)(=O)C2(C(=O)Nn3cnnc3)CCCC2)cc1. The maximum atomic E-state index is 13.1. The third-order valence-electron chi connectivity index (χ3n) is 4.32. The van der Waals surface area contributed by atoms with Crippen molar-refractivity contribution < 1.29 is 13.2 Å². The lowest BCUT2D eigenvalue weighted by Gasteiger charge is -2.27. The smallest absolute Gasteiger partial charge is 0.260 e. The molecule has 0 bridgehead atoms. The summed E-state index contributed by atoms with van der Waals surface area (Å²) in [5, 5.41) is 7.21. The van der Waals surface area contributed by atoms with E-state index in [9.17, 15) is 13.2 Å². The van der Waals surface area contributed by atoms with Gasteiger partial charge in [-0.05, 0) is 31.9 Å². The number of hydrogen-bond acceptors (Lipinski definition) is 5. The molecule has 3 rings (SSSR count). The molecule has 23 heavy (non-hydrogen) atoms. The zero-order valence-electron chi connectivity index (χ0n) is 12.8. The first kappa shape index (κ1) is 15.7. The molecule has 0 aliphatic heterocycles. The van der Waals surface area contributed by atoms with Crippen molar-refractivity contribution in [3.05, 3.63) is 42.5 Å². The average Bonchev–Trinajstić information content (AvgIpc) is 3.19. The van der Waals surface area contributed by atoms with Gasteiger partial charge in [-0.2, -0.15) is 0 Å². The van der Waals surface area contributed by atoms with E-state index >= 15 is 0 Å². The van der Waals surface area contributed by atoms with Gasteiger partial charge in [0.05, 0.1) is 4.90 Å². The number of benzene rings is 1. The first-order valence-electron chi connectivity index (χ1n) is 7.43. The molecule has 2 aromatic rings. The van der Waals surface area contributed by atoms with E-state index in [0.717, 1.165) is 5.56 Å². The number of carbonyl (C=O) groups is 1. The standard InChI is InChI=1S/C15H18N4O3S/c1-12-4-6-13(7-5-12)23(21,22)15(8-2-3-9-15)14(20)18-19-10-16-17-11-19/h4-7,10-11H,2-3,8-9H2,1H3,(H,18,20). The highest BCUT2D eigenvalue weighted by Crippen LogP contribution is 2.41. The molecule has 1 heterocycles. The van der Waals surface area contributed by atoms with Crippen molar-refractivity contribution in [3.63, 3.8) is 0 Å². The number of sulfone groups is 1. The first-order valence-corrected chi connectivity index (χ1v) is 8.91. The van der Waals surface area contributed by atoms with Gasteiger partial charge in [0.2, 0.25) is 0 Å². The topological polar surface area (TPSA) is 94.0 Å². The minimum absolute atomic E-state index is 0.184. The van der Waals surface area contributed by atoms with Crippen LogP contribution in [0.25, 0.3) is 0 Å². The lowest BCUT2D eigenvalue weighted by atomic mass is 10.1. The Morgan fingerprint density at radius 1 is 1.13 bits per heavy atom. The predicted molar refractivity (Wildman–Crippen MR) is 84.0 cm³/mol. The Balaban J connectivity index is 1.99. The van der Waals surface area contributed by atoms with Crippen LogP contribution in [0, 0.1) is 6.92 Å².